The molecule has 1 heterocycles. The molecule has 24 heavy (non-hydrogen) atoms. The van der Waals surface area contributed by atoms with Gasteiger partial charge in [-0.25, -0.2) is 8.42 Å². The lowest BCUT2D eigenvalue weighted by atomic mass is 10.0. The van der Waals surface area contributed by atoms with Gasteiger partial charge in [0, 0.05) is 0 Å². The monoisotopic (exact) mass is 345 g/mol. The van der Waals surface area contributed by atoms with Crippen molar-refractivity contribution < 1.29 is 17.9 Å². The fourth-order valence-electron chi connectivity index (χ4n) is 2.78. The number of carbonyl (C=O) groups is 1. The molecule has 3 rings (SSSR count). The van der Waals surface area contributed by atoms with E-state index in [4.69, 9.17) is 4.74 Å². The minimum absolute atomic E-state index is 0.0511. The summed E-state index contributed by atoms with van der Waals surface area (Å²) in [5, 5.41) is 2.92. The highest BCUT2D eigenvalue weighted by molar-refractivity contribution is 7.91. The van der Waals surface area contributed by atoms with E-state index in [2.05, 4.69) is 5.32 Å². The second-order valence-electron chi connectivity index (χ2n) is 5.68. The number of carbonyl (C=O) groups excluding carboxylic acids is 1. The highest BCUT2D eigenvalue weighted by Gasteiger charge is 2.30. The summed E-state index contributed by atoms with van der Waals surface area (Å²) in [5.74, 6) is 0.625. The molecule has 1 amide bonds. The lowest BCUT2D eigenvalue weighted by molar-refractivity contribution is -0.122. The molecule has 0 radical (unpaired) electrons. The number of para-hydroxylation sites is 1. The Labute approximate surface area is 141 Å². The molecule has 1 atom stereocenters. The maximum atomic E-state index is 12.1. The summed E-state index contributed by atoms with van der Waals surface area (Å²) in [6.45, 7) is 0.280. The predicted molar refractivity (Wildman–Crippen MR) is 90.5 cm³/mol. The van der Waals surface area contributed by atoms with E-state index in [1.165, 1.54) is 0 Å². The average Bonchev–Trinajstić information content (AvgIpc) is 2.59. The molecule has 5 nitrogen and oxygen atoms in total. The number of sulfone groups is 1. The fraction of sp³-hybridized carbons (Fsp3) is 0.278. The first-order valence-electron chi connectivity index (χ1n) is 7.85. The Balaban J connectivity index is 1.59. The van der Waals surface area contributed by atoms with Crippen LogP contribution in [0.5, 0.6) is 5.75 Å². The van der Waals surface area contributed by atoms with Crippen LogP contribution in [0.2, 0.25) is 0 Å². The van der Waals surface area contributed by atoms with Gasteiger partial charge in [0.2, 0.25) is 5.91 Å². The number of hydrogen-bond acceptors (Lipinski definition) is 4. The second kappa shape index (κ2) is 7.05. The van der Waals surface area contributed by atoms with Crippen LogP contribution in [-0.2, 0) is 14.6 Å². The first-order chi connectivity index (χ1) is 11.6. The van der Waals surface area contributed by atoms with Gasteiger partial charge >= 0.3 is 0 Å². The fourth-order valence-corrected chi connectivity index (χ4v) is 4.41. The smallest absolute Gasteiger partial charge is 0.223 e. The van der Waals surface area contributed by atoms with E-state index in [1.807, 2.05) is 30.3 Å². The maximum Gasteiger partial charge on any atom is 0.223 e. The van der Waals surface area contributed by atoms with E-state index in [-0.39, 0.29) is 30.7 Å². The van der Waals surface area contributed by atoms with Gasteiger partial charge in [0.25, 0.3) is 0 Å². The van der Waals surface area contributed by atoms with E-state index in [0.717, 1.165) is 5.75 Å². The quantitative estimate of drug-likeness (QED) is 0.904. The van der Waals surface area contributed by atoms with Crippen molar-refractivity contribution in [2.75, 3.05) is 12.4 Å². The van der Waals surface area contributed by atoms with Crippen LogP contribution < -0.4 is 10.1 Å². The third-order valence-electron chi connectivity index (χ3n) is 3.98. The van der Waals surface area contributed by atoms with Gasteiger partial charge < -0.3 is 10.1 Å². The van der Waals surface area contributed by atoms with Crippen LogP contribution in [-0.4, -0.2) is 26.7 Å². The topological polar surface area (TPSA) is 72.5 Å². The van der Waals surface area contributed by atoms with Crippen LogP contribution >= 0.6 is 0 Å². The van der Waals surface area contributed by atoms with Gasteiger partial charge in [-0.2, -0.15) is 0 Å². The molecule has 1 N–H and O–H groups in total. The summed E-state index contributed by atoms with van der Waals surface area (Å²) in [6, 6.07) is 15.9. The third kappa shape index (κ3) is 3.76. The standard InChI is InChI=1S/C18H19NO4S/c20-18(10-12-23-14-6-2-1-3-7-14)19-16-11-13-24(21,22)17-9-5-4-8-15(16)17/h1-9,16H,10-13H2,(H,19,20). The zero-order valence-corrected chi connectivity index (χ0v) is 14.0. The van der Waals surface area contributed by atoms with Crippen LogP contribution in [0.1, 0.15) is 24.4 Å². The molecule has 1 unspecified atom stereocenters. The largest absolute Gasteiger partial charge is 0.493 e. The molecule has 0 saturated heterocycles. The zero-order chi connectivity index (χ0) is 17.0. The Hall–Kier alpha value is -2.34. The molecule has 0 aliphatic carbocycles. The number of rotatable bonds is 5. The Bertz CT molecular complexity index is 818. The van der Waals surface area contributed by atoms with Crippen molar-refractivity contribution in [1.82, 2.24) is 5.32 Å². The Kier molecular flexibility index (Phi) is 4.85. The molecule has 0 aromatic heterocycles. The molecule has 2 aromatic carbocycles. The van der Waals surface area contributed by atoms with Crippen molar-refractivity contribution in [3.8, 4) is 5.75 Å². The number of amides is 1. The van der Waals surface area contributed by atoms with Crippen molar-refractivity contribution >= 4 is 15.7 Å². The summed E-state index contributed by atoms with van der Waals surface area (Å²) in [4.78, 5) is 12.5. The van der Waals surface area contributed by atoms with Gasteiger partial charge in [0.15, 0.2) is 9.84 Å². The van der Waals surface area contributed by atoms with Crippen LogP contribution in [0, 0.1) is 0 Å². The van der Waals surface area contributed by atoms with E-state index < -0.39 is 9.84 Å². The first kappa shape index (κ1) is 16.5. The number of benzene rings is 2. The van der Waals surface area contributed by atoms with Gasteiger partial charge in [0.1, 0.15) is 5.75 Å². The summed E-state index contributed by atoms with van der Waals surface area (Å²) < 4.78 is 29.7. The third-order valence-corrected chi connectivity index (χ3v) is 5.80. The van der Waals surface area contributed by atoms with Gasteiger partial charge in [-0.15, -0.1) is 0 Å². The van der Waals surface area contributed by atoms with E-state index in [1.54, 1.807) is 24.3 Å². The van der Waals surface area contributed by atoms with Gasteiger partial charge in [-0.3, -0.25) is 4.79 Å². The Morgan fingerprint density at radius 2 is 1.79 bits per heavy atom. The molecule has 1 aliphatic rings. The van der Waals surface area contributed by atoms with Crippen LogP contribution in [0.25, 0.3) is 0 Å². The lowest BCUT2D eigenvalue weighted by Crippen LogP contribution is -2.34. The first-order valence-corrected chi connectivity index (χ1v) is 9.50. The van der Waals surface area contributed by atoms with E-state index in [0.29, 0.717) is 16.9 Å². The van der Waals surface area contributed by atoms with Crippen LogP contribution in [0.15, 0.2) is 59.5 Å². The van der Waals surface area contributed by atoms with E-state index in [9.17, 15) is 13.2 Å². The zero-order valence-electron chi connectivity index (χ0n) is 13.1. The van der Waals surface area contributed by atoms with Crippen molar-refractivity contribution in [2.24, 2.45) is 0 Å². The average molecular weight is 345 g/mol. The number of ether oxygens (including phenoxy) is 1. The second-order valence-corrected chi connectivity index (χ2v) is 7.75. The molecule has 1 aliphatic heterocycles. The van der Waals surface area contributed by atoms with Crippen molar-refractivity contribution in [3.63, 3.8) is 0 Å². The minimum atomic E-state index is -3.24. The normalized spacial score (nSPS) is 18.4. The summed E-state index contributed by atoms with van der Waals surface area (Å²) in [7, 11) is -3.24. The SMILES string of the molecule is O=C(CCOc1ccccc1)NC1CCS(=O)(=O)c2ccccc21. The summed E-state index contributed by atoms with van der Waals surface area (Å²) in [5.41, 5.74) is 0.668. The van der Waals surface area contributed by atoms with Crippen molar-refractivity contribution in [2.45, 2.75) is 23.8 Å². The molecule has 2 aromatic rings. The van der Waals surface area contributed by atoms with E-state index >= 15 is 0 Å². The maximum absolute atomic E-state index is 12.1. The number of hydrogen-bond donors (Lipinski definition) is 1. The molecule has 0 bridgehead atoms. The van der Waals surface area contributed by atoms with Gasteiger partial charge in [0.05, 0.1) is 29.7 Å². The van der Waals surface area contributed by atoms with Crippen LogP contribution in [0.3, 0.4) is 0 Å². The van der Waals surface area contributed by atoms with Crippen LogP contribution in [0.4, 0.5) is 0 Å². The van der Waals surface area contributed by atoms with Gasteiger partial charge in [-0.05, 0) is 30.2 Å². The lowest BCUT2D eigenvalue weighted by Gasteiger charge is -2.26. The summed E-state index contributed by atoms with van der Waals surface area (Å²) >= 11 is 0. The highest BCUT2D eigenvalue weighted by atomic mass is 32.2. The number of fused-ring (bicyclic) bond motifs is 1. The number of nitrogens with one attached hydrogen (secondary N) is 1. The van der Waals surface area contributed by atoms with Crippen molar-refractivity contribution in [3.05, 3.63) is 60.2 Å². The molecular formula is C18H19NO4S. The minimum Gasteiger partial charge on any atom is -0.493 e. The van der Waals surface area contributed by atoms with Gasteiger partial charge in [-0.1, -0.05) is 36.4 Å². The molecule has 0 saturated carbocycles. The van der Waals surface area contributed by atoms with Crippen molar-refractivity contribution in [1.29, 1.82) is 0 Å². The predicted octanol–water partition coefficient (Wildman–Crippen LogP) is 2.49. The Morgan fingerprint density at radius 1 is 1.08 bits per heavy atom. The molecule has 0 fully saturated rings. The highest BCUT2D eigenvalue weighted by Crippen LogP contribution is 2.31. The molecule has 0 spiro atoms. The Morgan fingerprint density at radius 3 is 2.58 bits per heavy atom. The molecule has 6 heteroatoms. The summed E-state index contributed by atoms with van der Waals surface area (Å²) in [6.07, 6.45) is 0.616. The molecule has 126 valence electrons. The molecular weight excluding hydrogens is 326 g/mol.